The van der Waals surface area contributed by atoms with Gasteiger partial charge in [-0.25, -0.2) is 9.97 Å². The molecule has 1 amide bonds. The Kier molecular flexibility index (Phi) is 6.07. The van der Waals surface area contributed by atoms with Gasteiger partial charge in [-0.1, -0.05) is 0 Å². The van der Waals surface area contributed by atoms with Crippen LogP contribution in [0, 0.1) is 6.92 Å². The average molecular weight is 375 g/mol. The van der Waals surface area contributed by atoms with Crippen molar-refractivity contribution in [3.8, 4) is 5.88 Å². The summed E-state index contributed by atoms with van der Waals surface area (Å²) in [6, 6.07) is 1.92. The maximum Gasteiger partial charge on any atom is 0.258 e. The van der Waals surface area contributed by atoms with Crippen molar-refractivity contribution in [3.63, 3.8) is 0 Å². The zero-order valence-electron chi connectivity index (χ0n) is 15.9. The molecular formula is C17H25N7O3. The summed E-state index contributed by atoms with van der Waals surface area (Å²) in [7, 11) is 3.23. The number of rotatable bonds is 7. The molecule has 0 aliphatic carbocycles. The topological polar surface area (TPSA) is 106 Å². The Bertz CT molecular complexity index is 787. The Balaban J connectivity index is 1.52. The first-order valence-corrected chi connectivity index (χ1v) is 8.85. The van der Waals surface area contributed by atoms with E-state index in [1.165, 1.54) is 7.11 Å². The molecule has 1 aliphatic heterocycles. The zero-order valence-corrected chi connectivity index (χ0v) is 15.9. The maximum atomic E-state index is 12.2. The number of aryl methyl sites for hydroxylation is 2. The molecule has 0 bridgehead atoms. The van der Waals surface area contributed by atoms with E-state index >= 15 is 0 Å². The molecule has 0 spiro atoms. The van der Waals surface area contributed by atoms with E-state index in [4.69, 9.17) is 9.47 Å². The van der Waals surface area contributed by atoms with Gasteiger partial charge in [0.25, 0.3) is 5.91 Å². The van der Waals surface area contributed by atoms with Gasteiger partial charge in [0, 0.05) is 45.5 Å². The highest BCUT2D eigenvalue weighted by Gasteiger charge is 2.16. The Morgan fingerprint density at radius 1 is 1.30 bits per heavy atom. The van der Waals surface area contributed by atoms with E-state index in [0.717, 1.165) is 24.7 Å². The lowest BCUT2D eigenvalue weighted by Crippen LogP contribution is -2.37. The minimum Gasteiger partial charge on any atom is -0.479 e. The molecule has 2 N–H and O–H groups in total. The lowest BCUT2D eigenvalue weighted by Gasteiger charge is -2.28. The second-order valence-corrected chi connectivity index (χ2v) is 6.17. The molecule has 0 aromatic carbocycles. The molecule has 1 fully saturated rings. The normalized spacial score (nSPS) is 14.1. The molecule has 10 heteroatoms. The number of methoxy groups -OCH3 is 1. The smallest absolute Gasteiger partial charge is 0.258 e. The predicted molar refractivity (Wildman–Crippen MR) is 100 cm³/mol. The molecule has 0 radical (unpaired) electrons. The van der Waals surface area contributed by atoms with Crippen molar-refractivity contribution in [2.24, 2.45) is 7.05 Å². The summed E-state index contributed by atoms with van der Waals surface area (Å²) >= 11 is 0. The summed E-state index contributed by atoms with van der Waals surface area (Å²) in [5.74, 6) is 2.40. The van der Waals surface area contributed by atoms with Crippen LogP contribution in [0.3, 0.4) is 0 Å². The summed E-state index contributed by atoms with van der Waals surface area (Å²) in [4.78, 5) is 23.3. The second kappa shape index (κ2) is 8.67. The number of aromatic nitrogens is 4. The van der Waals surface area contributed by atoms with E-state index in [0.29, 0.717) is 43.6 Å². The van der Waals surface area contributed by atoms with Gasteiger partial charge in [-0.15, -0.1) is 5.10 Å². The summed E-state index contributed by atoms with van der Waals surface area (Å²) in [5.41, 5.74) is 0.410. The average Bonchev–Trinajstić information content (AvgIpc) is 3.06. The summed E-state index contributed by atoms with van der Waals surface area (Å²) in [5, 5.41) is 10.2. The van der Waals surface area contributed by atoms with Gasteiger partial charge >= 0.3 is 0 Å². The molecule has 0 atom stereocenters. The molecule has 10 nitrogen and oxygen atoms in total. The number of morpholine rings is 1. The van der Waals surface area contributed by atoms with Crippen LogP contribution in [0.1, 0.15) is 16.2 Å². The monoisotopic (exact) mass is 375 g/mol. The Hall–Kier alpha value is -2.88. The first kappa shape index (κ1) is 18.9. The van der Waals surface area contributed by atoms with Gasteiger partial charge in [-0.05, 0) is 6.92 Å². The fourth-order valence-corrected chi connectivity index (χ4v) is 2.83. The molecule has 27 heavy (non-hydrogen) atoms. The third kappa shape index (κ3) is 4.85. The van der Waals surface area contributed by atoms with Crippen molar-refractivity contribution >= 4 is 17.5 Å². The van der Waals surface area contributed by atoms with Crippen LogP contribution in [0.5, 0.6) is 5.88 Å². The van der Waals surface area contributed by atoms with Crippen molar-refractivity contribution in [3.05, 3.63) is 23.7 Å². The second-order valence-electron chi connectivity index (χ2n) is 6.17. The number of nitrogens with zero attached hydrogens (tertiary/aromatic N) is 5. The van der Waals surface area contributed by atoms with Crippen LogP contribution in [0.25, 0.3) is 0 Å². The van der Waals surface area contributed by atoms with Crippen molar-refractivity contribution < 1.29 is 14.3 Å². The van der Waals surface area contributed by atoms with Crippen molar-refractivity contribution in [1.29, 1.82) is 0 Å². The van der Waals surface area contributed by atoms with Crippen molar-refractivity contribution in [1.82, 2.24) is 25.1 Å². The highest BCUT2D eigenvalue weighted by atomic mass is 16.5. The molecule has 2 aromatic heterocycles. The molecule has 2 aromatic rings. The molecule has 1 saturated heterocycles. The molecule has 1 aliphatic rings. The third-order valence-corrected chi connectivity index (χ3v) is 4.11. The fourth-order valence-electron chi connectivity index (χ4n) is 2.83. The van der Waals surface area contributed by atoms with E-state index in [-0.39, 0.29) is 5.91 Å². The van der Waals surface area contributed by atoms with Crippen molar-refractivity contribution in [2.45, 2.75) is 6.92 Å². The van der Waals surface area contributed by atoms with E-state index < -0.39 is 0 Å². The number of hydrogen-bond donors (Lipinski definition) is 2. The van der Waals surface area contributed by atoms with Gasteiger partial charge < -0.3 is 25.0 Å². The maximum absolute atomic E-state index is 12.2. The van der Waals surface area contributed by atoms with Gasteiger partial charge in [-0.3, -0.25) is 9.48 Å². The zero-order chi connectivity index (χ0) is 19.2. The van der Waals surface area contributed by atoms with Crippen LogP contribution in [0.4, 0.5) is 11.6 Å². The van der Waals surface area contributed by atoms with Crippen LogP contribution in [-0.4, -0.2) is 72.2 Å². The van der Waals surface area contributed by atoms with Gasteiger partial charge in [0.15, 0.2) is 0 Å². The van der Waals surface area contributed by atoms with Crippen LogP contribution in [-0.2, 0) is 11.8 Å². The molecule has 0 unspecified atom stereocenters. The van der Waals surface area contributed by atoms with E-state index in [2.05, 4.69) is 30.6 Å². The van der Waals surface area contributed by atoms with E-state index in [9.17, 15) is 4.79 Å². The number of amides is 1. The summed E-state index contributed by atoms with van der Waals surface area (Å²) in [6.07, 6.45) is 1.63. The Labute approximate surface area is 157 Å². The minimum atomic E-state index is -0.227. The molecular weight excluding hydrogens is 350 g/mol. The van der Waals surface area contributed by atoms with Crippen LogP contribution in [0.15, 0.2) is 12.3 Å². The fraction of sp³-hybridized carbons (Fsp3) is 0.529. The van der Waals surface area contributed by atoms with Crippen LogP contribution >= 0.6 is 0 Å². The minimum absolute atomic E-state index is 0.227. The first-order valence-electron chi connectivity index (χ1n) is 8.85. The van der Waals surface area contributed by atoms with Gasteiger partial charge in [0.2, 0.25) is 5.88 Å². The SMILES string of the molecule is COc1nn(C)cc1C(=O)NCCNc1cc(N2CCOCC2)nc(C)n1. The largest absolute Gasteiger partial charge is 0.479 e. The lowest BCUT2D eigenvalue weighted by molar-refractivity contribution is 0.0952. The third-order valence-electron chi connectivity index (χ3n) is 4.11. The van der Waals surface area contributed by atoms with Gasteiger partial charge in [-0.2, -0.15) is 0 Å². The highest BCUT2D eigenvalue weighted by Crippen LogP contribution is 2.17. The number of carbonyl (C=O) groups is 1. The molecule has 0 saturated carbocycles. The van der Waals surface area contributed by atoms with Crippen LogP contribution in [0.2, 0.25) is 0 Å². The Morgan fingerprint density at radius 2 is 2.07 bits per heavy atom. The Morgan fingerprint density at radius 3 is 2.81 bits per heavy atom. The molecule has 3 rings (SSSR count). The number of ether oxygens (including phenoxy) is 2. The number of hydrogen-bond acceptors (Lipinski definition) is 8. The number of carbonyl (C=O) groups excluding carboxylic acids is 1. The predicted octanol–water partition coefficient (Wildman–Crippen LogP) is 0.206. The summed E-state index contributed by atoms with van der Waals surface area (Å²) in [6.45, 7) is 5.88. The standard InChI is InChI=1S/C17H25N7O3/c1-12-20-14(10-15(21-12)24-6-8-27-9-7-24)18-4-5-19-16(25)13-11-23(2)22-17(13)26-3/h10-11H,4-9H2,1-3H3,(H,19,25)(H,18,20,21). The van der Waals surface area contributed by atoms with Crippen molar-refractivity contribution in [2.75, 3.05) is 56.7 Å². The quantitative estimate of drug-likeness (QED) is 0.662. The van der Waals surface area contributed by atoms with E-state index in [1.807, 2.05) is 13.0 Å². The highest BCUT2D eigenvalue weighted by molar-refractivity contribution is 5.96. The number of anilines is 2. The van der Waals surface area contributed by atoms with Crippen LogP contribution < -0.4 is 20.3 Å². The molecule has 146 valence electrons. The first-order chi connectivity index (χ1) is 13.1. The molecule has 3 heterocycles. The lowest BCUT2D eigenvalue weighted by atomic mass is 10.3. The summed E-state index contributed by atoms with van der Waals surface area (Å²) < 4.78 is 12.0. The van der Waals surface area contributed by atoms with Gasteiger partial charge in [0.1, 0.15) is 23.0 Å². The van der Waals surface area contributed by atoms with E-state index in [1.54, 1.807) is 17.9 Å². The number of nitrogens with one attached hydrogen (secondary N) is 2. The van der Waals surface area contributed by atoms with Gasteiger partial charge in [0.05, 0.1) is 20.3 Å².